The SMILES string of the molecule is O=C(NCCc1c[nH]c2ccccc12)C1(c2ccc(F)cc2)CC1. The van der Waals surface area contributed by atoms with E-state index in [2.05, 4.69) is 16.4 Å². The topological polar surface area (TPSA) is 44.9 Å². The first-order valence-corrected chi connectivity index (χ1v) is 8.28. The summed E-state index contributed by atoms with van der Waals surface area (Å²) in [5.41, 5.74) is 2.78. The van der Waals surface area contributed by atoms with Crippen molar-refractivity contribution in [2.24, 2.45) is 0 Å². The Morgan fingerprint density at radius 3 is 2.62 bits per heavy atom. The monoisotopic (exact) mass is 322 g/mol. The Morgan fingerprint density at radius 1 is 1.12 bits per heavy atom. The van der Waals surface area contributed by atoms with Crippen molar-refractivity contribution in [3.05, 3.63) is 71.7 Å². The summed E-state index contributed by atoms with van der Waals surface area (Å²) in [6.45, 7) is 0.601. The van der Waals surface area contributed by atoms with Crippen molar-refractivity contribution in [1.82, 2.24) is 10.3 Å². The summed E-state index contributed by atoms with van der Waals surface area (Å²) >= 11 is 0. The second-order valence-electron chi connectivity index (χ2n) is 6.45. The van der Waals surface area contributed by atoms with E-state index in [1.54, 1.807) is 12.1 Å². The average molecular weight is 322 g/mol. The molecule has 0 saturated heterocycles. The van der Waals surface area contributed by atoms with Crippen molar-refractivity contribution < 1.29 is 9.18 Å². The average Bonchev–Trinajstić information content (AvgIpc) is 3.32. The highest BCUT2D eigenvalue weighted by molar-refractivity contribution is 5.91. The minimum absolute atomic E-state index is 0.0500. The number of H-pyrrole nitrogens is 1. The molecule has 1 amide bonds. The molecular weight excluding hydrogens is 303 g/mol. The third kappa shape index (κ3) is 2.58. The zero-order valence-corrected chi connectivity index (χ0v) is 13.3. The van der Waals surface area contributed by atoms with Crippen molar-refractivity contribution in [3.8, 4) is 0 Å². The quantitative estimate of drug-likeness (QED) is 0.739. The molecule has 0 atom stereocenters. The van der Waals surface area contributed by atoms with Gasteiger partial charge in [0.25, 0.3) is 0 Å². The van der Waals surface area contributed by atoms with Gasteiger partial charge >= 0.3 is 0 Å². The lowest BCUT2D eigenvalue weighted by atomic mass is 9.95. The fraction of sp³-hybridized carbons (Fsp3) is 0.250. The molecule has 0 aliphatic heterocycles. The van der Waals surface area contributed by atoms with Gasteiger partial charge in [-0.15, -0.1) is 0 Å². The first-order chi connectivity index (χ1) is 11.7. The van der Waals surface area contributed by atoms with Gasteiger partial charge in [-0.1, -0.05) is 30.3 Å². The Kier molecular flexibility index (Phi) is 3.60. The Bertz CT molecular complexity index is 878. The van der Waals surface area contributed by atoms with Gasteiger partial charge in [0.05, 0.1) is 5.41 Å². The number of amides is 1. The van der Waals surface area contributed by atoms with Crippen molar-refractivity contribution in [1.29, 1.82) is 0 Å². The first kappa shape index (κ1) is 14.9. The molecule has 0 radical (unpaired) electrons. The molecule has 122 valence electrons. The maximum absolute atomic E-state index is 13.1. The van der Waals surface area contributed by atoms with Crippen molar-refractivity contribution in [2.75, 3.05) is 6.54 Å². The van der Waals surface area contributed by atoms with Crippen LogP contribution < -0.4 is 5.32 Å². The standard InChI is InChI=1S/C20H19FN2O/c21-16-7-5-15(6-8-16)20(10-11-20)19(24)22-12-9-14-13-23-18-4-2-1-3-17(14)18/h1-8,13,23H,9-12H2,(H,22,24). The van der Waals surface area contributed by atoms with Crippen LogP contribution in [0.15, 0.2) is 54.7 Å². The van der Waals surface area contributed by atoms with Crippen LogP contribution in [-0.4, -0.2) is 17.4 Å². The van der Waals surface area contributed by atoms with E-state index < -0.39 is 5.41 Å². The predicted molar refractivity (Wildman–Crippen MR) is 92.3 cm³/mol. The number of carbonyl (C=O) groups is 1. The van der Waals surface area contributed by atoms with Gasteiger partial charge in [-0.3, -0.25) is 4.79 Å². The van der Waals surface area contributed by atoms with Crippen LogP contribution in [0.25, 0.3) is 10.9 Å². The second-order valence-corrected chi connectivity index (χ2v) is 6.45. The highest BCUT2D eigenvalue weighted by Gasteiger charge is 2.50. The summed E-state index contributed by atoms with van der Waals surface area (Å²) < 4.78 is 13.1. The predicted octanol–water partition coefficient (Wildman–Crippen LogP) is 3.70. The molecule has 2 N–H and O–H groups in total. The van der Waals surface area contributed by atoms with Crippen LogP contribution in [0.2, 0.25) is 0 Å². The van der Waals surface area contributed by atoms with Crippen LogP contribution in [0.5, 0.6) is 0 Å². The molecule has 3 aromatic rings. The van der Waals surface area contributed by atoms with Gasteiger partial charge in [0.15, 0.2) is 0 Å². The number of aromatic nitrogens is 1. The Balaban J connectivity index is 1.41. The number of para-hydroxylation sites is 1. The number of halogens is 1. The molecule has 3 nitrogen and oxygen atoms in total. The zero-order chi connectivity index (χ0) is 16.6. The van der Waals surface area contributed by atoms with E-state index in [1.165, 1.54) is 23.1 Å². The fourth-order valence-corrected chi connectivity index (χ4v) is 3.36. The van der Waals surface area contributed by atoms with Gasteiger partial charge < -0.3 is 10.3 Å². The lowest BCUT2D eigenvalue weighted by molar-refractivity contribution is -0.123. The number of benzene rings is 2. The normalized spacial score (nSPS) is 15.4. The Morgan fingerprint density at radius 2 is 1.88 bits per heavy atom. The number of hydrogen-bond donors (Lipinski definition) is 2. The minimum Gasteiger partial charge on any atom is -0.361 e. The van der Waals surface area contributed by atoms with E-state index in [9.17, 15) is 9.18 Å². The van der Waals surface area contributed by atoms with Gasteiger partial charge in [0.1, 0.15) is 5.82 Å². The van der Waals surface area contributed by atoms with Crippen LogP contribution in [0, 0.1) is 5.82 Å². The summed E-state index contributed by atoms with van der Waals surface area (Å²) in [4.78, 5) is 15.8. The van der Waals surface area contributed by atoms with E-state index in [0.29, 0.717) is 6.54 Å². The van der Waals surface area contributed by atoms with Gasteiger partial charge in [-0.2, -0.15) is 0 Å². The maximum Gasteiger partial charge on any atom is 0.230 e. The van der Waals surface area contributed by atoms with E-state index in [0.717, 1.165) is 30.3 Å². The largest absolute Gasteiger partial charge is 0.361 e. The summed E-state index contributed by atoms with van der Waals surface area (Å²) in [5.74, 6) is -0.219. The van der Waals surface area contributed by atoms with E-state index in [1.807, 2.05) is 24.4 Å². The molecule has 2 aromatic carbocycles. The number of aromatic amines is 1. The molecule has 1 aromatic heterocycles. The molecule has 4 heteroatoms. The van der Waals surface area contributed by atoms with Crippen LogP contribution >= 0.6 is 0 Å². The van der Waals surface area contributed by atoms with Crippen molar-refractivity contribution >= 4 is 16.8 Å². The maximum atomic E-state index is 13.1. The Hall–Kier alpha value is -2.62. The van der Waals surface area contributed by atoms with Crippen LogP contribution in [0.3, 0.4) is 0 Å². The molecular formula is C20H19FN2O. The lowest BCUT2D eigenvalue weighted by Gasteiger charge is -2.15. The van der Waals surface area contributed by atoms with Gasteiger partial charge in [0, 0.05) is 23.6 Å². The number of hydrogen-bond acceptors (Lipinski definition) is 1. The van der Waals surface area contributed by atoms with Crippen molar-refractivity contribution in [3.63, 3.8) is 0 Å². The number of fused-ring (bicyclic) bond motifs is 1. The third-order valence-electron chi connectivity index (χ3n) is 4.94. The molecule has 4 rings (SSSR count). The summed E-state index contributed by atoms with van der Waals surface area (Å²) in [6.07, 6.45) is 4.45. The minimum atomic E-state index is -0.450. The van der Waals surface area contributed by atoms with E-state index in [-0.39, 0.29) is 11.7 Å². The van der Waals surface area contributed by atoms with Crippen molar-refractivity contribution in [2.45, 2.75) is 24.7 Å². The summed E-state index contributed by atoms with van der Waals surface area (Å²) in [6, 6.07) is 14.5. The highest BCUT2D eigenvalue weighted by Crippen LogP contribution is 2.48. The van der Waals surface area contributed by atoms with Crippen LogP contribution in [0.4, 0.5) is 4.39 Å². The third-order valence-corrected chi connectivity index (χ3v) is 4.94. The molecule has 1 aliphatic carbocycles. The smallest absolute Gasteiger partial charge is 0.230 e. The summed E-state index contributed by atoms with van der Waals surface area (Å²) in [7, 11) is 0. The van der Waals surface area contributed by atoms with E-state index in [4.69, 9.17) is 0 Å². The molecule has 1 heterocycles. The van der Waals surface area contributed by atoms with E-state index >= 15 is 0 Å². The number of rotatable bonds is 5. The zero-order valence-electron chi connectivity index (χ0n) is 13.3. The lowest BCUT2D eigenvalue weighted by Crippen LogP contribution is -2.35. The van der Waals surface area contributed by atoms with Crippen LogP contribution in [0.1, 0.15) is 24.0 Å². The Labute approximate surface area is 139 Å². The number of carbonyl (C=O) groups excluding carboxylic acids is 1. The second kappa shape index (κ2) is 5.78. The molecule has 1 saturated carbocycles. The molecule has 1 fully saturated rings. The van der Waals surface area contributed by atoms with Gasteiger partial charge in [-0.05, 0) is 48.6 Å². The summed E-state index contributed by atoms with van der Waals surface area (Å²) in [5, 5.41) is 4.26. The number of nitrogens with one attached hydrogen (secondary N) is 2. The molecule has 0 bridgehead atoms. The first-order valence-electron chi connectivity index (χ1n) is 8.28. The molecule has 0 unspecified atom stereocenters. The van der Waals surface area contributed by atoms with Crippen LogP contribution in [-0.2, 0) is 16.6 Å². The molecule has 24 heavy (non-hydrogen) atoms. The fourth-order valence-electron chi connectivity index (χ4n) is 3.36. The van der Waals surface area contributed by atoms with Gasteiger partial charge in [-0.25, -0.2) is 4.39 Å². The molecule has 0 spiro atoms. The van der Waals surface area contributed by atoms with Gasteiger partial charge in [0.2, 0.25) is 5.91 Å². The molecule has 1 aliphatic rings. The highest BCUT2D eigenvalue weighted by atomic mass is 19.1.